The van der Waals surface area contributed by atoms with E-state index in [2.05, 4.69) is 15.2 Å². The molecule has 0 aromatic carbocycles. The zero-order chi connectivity index (χ0) is 11.7. The molecule has 2 unspecified atom stereocenters. The number of carbonyl (C=O) groups is 2. The number of carbonyl (C=O) groups excluding carboxylic acids is 1. The van der Waals surface area contributed by atoms with Crippen LogP contribution in [0.4, 0.5) is 0 Å². The number of H-pyrrole nitrogens is 1. The van der Waals surface area contributed by atoms with Crippen LogP contribution in [0.2, 0.25) is 0 Å². The monoisotopic (exact) mass is 224 g/mol. The van der Waals surface area contributed by atoms with Gasteiger partial charge in [-0.3, -0.25) is 9.89 Å². The molecule has 0 radical (unpaired) electrons. The Morgan fingerprint density at radius 3 is 2.94 bits per heavy atom. The predicted octanol–water partition coefficient (Wildman–Crippen LogP) is -0.260. The molecule has 0 aliphatic carbocycles. The van der Waals surface area contributed by atoms with E-state index in [-0.39, 0.29) is 11.7 Å². The molecule has 1 aliphatic rings. The number of rotatable bonds is 2. The molecule has 1 saturated heterocycles. The van der Waals surface area contributed by atoms with Gasteiger partial charge in [-0.15, -0.1) is 0 Å². The summed E-state index contributed by atoms with van der Waals surface area (Å²) in [6, 6.07) is -0.766. The van der Waals surface area contributed by atoms with Crippen molar-refractivity contribution in [1.29, 1.82) is 0 Å². The summed E-state index contributed by atoms with van der Waals surface area (Å²) < 4.78 is 0. The van der Waals surface area contributed by atoms with Gasteiger partial charge in [-0.2, -0.15) is 5.10 Å². The average molecular weight is 224 g/mol. The van der Waals surface area contributed by atoms with Gasteiger partial charge >= 0.3 is 5.97 Å². The molecule has 0 bridgehead atoms. The van der Waals surface area contributed by atoms with Gasteiger partial charge < -0.3 is 10.0 Å². The topological polar surface area (TPSA) is 99.2 Å². The molecular formula is C9H12N4O3. The Labute approximate surface area is 91.5 Å². The van der Waals surface area contributed by atoms with Crippen LogP contribution in [-0.2, 0) is 4.79 Å². The minimum atomic E-state index is -0.974. The average Bonchev–Trinajstić information content (AvgIpc) is 2.84. The number of aromatic amines is 1. The van der Waals surface area contributed by atoms with Gasteiger partial charge in [-0.05, 0) is 12.3 Å². The van der Waals surface area contributed by atoms with Crippen LogP contribution in [0.15, 0.2) is 6.33 Å². The van der Waals surface area contributed by atoms with E-state index in [1.54, 1.807) is 0 Å². The summed E-state index contributed by atoms with van der Waals surface area (Å²) >= 11 is 0. The Balaban J connectivity index is 2.21. The second-order valence-corrected chi connectivity index (χ2v) is 3.88. The molecule has 2 rings (SSSR count). The number of carboxylic acids is 1. The van der Waals surface area contributed by atoms with Crippen molar-refractivity contribution in [1.82, 2.24) is 20.1 Å². The first-order chi connectivity index (χ1) is 7.61. The number of likely N-dealkylation sites (tertiary alicyclic amines) is 1. The van der Waals surface area contributed by atoms with Gasteiger partial charge in [0, 0.05) is 6.54 Å². The van der Waals surface area contributed by atoms with Gasteiger partial charge in [0.05, 0.1) is 0 Å². The first-order valence-corrected chi connectivity index (χ1v) is 5.00. The second-order valence-electron chi connectivity index (χ2n) is 3.88. The van der Waals surface area contributed by atoms with E-state index < -0.39 is 17.9 Å². The summed E-state index contributed by atoms with van der Waals surface area (Å²) in [6.07, 6.45) is 1.92. The van der Waals surface area contributed by atoms with Crippen LogP contribution in [0.1, 0.15) is 24.0 Å². The maximum absolute atomic E-state index is 11.9. The smallest absolute Gasteiger partial charge is 0.326 e. The maximum Gasteiger partial charge on any atom is 0.326 e. The molecule has 16 heavy (non-hydrogen) atoms. The molecule has 0 saturated carbocycles. The van der Waals surface area contributed by atoms with Gasteiger partial charge in [-0.25, -0.2) is 9.78 Å². The lowest BCUT2D eigenvalue weighted by Gasteiger charge is -2.21. The van der Waals surface area contributed by atoms with Gasteiger partial charge in [-0.1, -0.05) is 6.92 Å². The number of nitrogens with zero attached hydrogens (tertiary/aromatic N) is 3. The van der Waals surface area contributed by atoms with Crippen LogP contribution in [0.25, 0.3) is 0 Å². The Morgan fingerprint density at radius 2 is 2.38 bits per heavy atom. The van der Waals surface area contributed by atoms with Crippen LogP contribution in [0.5, 0.6) is 0 Å². The van der Waals surface area contributed by atoms with Crippen molar-refractivity contribution in [3.63, 3.8) is 0 Å². The lowest BCUT2D eigenvalue weighted by atomic mass is 10.0. The maximum atomic E-state index is 11.9. The highest BCUT2D eigenvalue weighted by atomic mass is 16.4. The normalized spacial score (nSPS) is 24.7. The lowest BCUT2D eigenvalue weighted by molar-refractivity contribution is -0.142. The fourth-order valence-electron chi connectivity index (χ4n) is 2.00. The first-order valence-electron chi connectivity index (χ1n) is 5.00. The summed E-state index contributed by atoms with van der Waals surface area (Å²) in [5, 5.41) is 15.1. The molecule has 1 fully saturated rings. The molecule has 1 aliphatic heterocycles. The highest BCUT2D eigenvalue weighted by molar-refractivity contribution is 5.93. The van der Waals surface area contributed by atoms with E-state index in [1.807, 2.05) is 6.92 Å². The van der Waals surface area contributed by atoms with Crippen molar-refractivity contribution in [2.75, 3.05) is 6.54 Å². The summed E-state index contributed by atoms with van der Waals surface area (Å²) in [7, 11) is 0. The minimum Gasteiger partial charge on any atom is -0.480 e. The first kappa shape index (κ1) is 10.6. The van der Waals surface area contributed by atoms with Gasteiger partial charge in [0.25, 0.3) is 5.91 Å². The van der Waals surface area contributed by atoms with Crippen molar-refractivity contribution in [2.45, 2.75) is 19.4 Å². The third-order valence-corrected chi connectivity index (χ3v) is 2.83. The zero-order valence-corrected chi connectivity index (χ0v) is 8.75. The molecule has 2 atom stereocenters. The molecule has 1 aromatic heterocycles. The number of amides is 1. The van der Waals surface area contributed by atoms with Crippen LogP contribution < -0.4 is 0 Å². The molecule has 86 valence electrons. The second kappa shape index (κ2) is 3.92. The Bertz CT molecular complexity index is 403. The van der Waals surface area contributed by atoms with Gasteiger partial charge in [0.1, 0.15) is 12.4 Å². The standard InChI is InChI=1S/C9H12N4O3/c1-5-2-3-13(6(5)9(15)16)8(14)7-10-4-11-12-7/h4-6H,2-3H2,1H3,(H,15,16)(H,10,11,12). The largest absolute Gasteiger partial charge is 0.480 e. The number of carboxylic acid groups (broad SMARTS) is 1. The summed E-state index contributed by atoms with van der Waals surface area (Å²) in [5.74, 6) is -1.34. The Morgan fingerprint density at radius 1 is 1.62 bits per heavy atom. The van der Waals surface area contributed by atoms with E-state index in [0.717, 1.165) is 0 Å². The van der Waals surface area contributed by atoms with Crippen LogP contribution >= 0.6 is 0 Å². The number of hydrogen-bond acceptors (Lipinski definition) is 4. The van der Waals surface area contributed by atoms with E-state index in [0.29, 0.717) is 13.0 Å². The molecule has 2 N–H and O–H groups in total. The van der Waals surface area contributed by atoms with Crippen molar-refractivity contribution in [3.8, 4) is 0 Å². The van der Waals surface area contributed by atoms with E-state index >= 15 is 0 Å². The van der Waals surface area contributed by atoms with Crippen molar-refractivity contribution < 1.29 is 14.7 Å². The van der Waals surface area contributed by atoms with Crippen molar-refractivity contribution in [2.24, 2.45) is 5.92 Å². The van der Waals surface area contributed by atoms with Crippen LogP contribution in [-0.4, -0.2) is 49.7 Å². The third-order valence-electron chi connectivity index (χ3n) is 2.83. The lowest BCUT2D eigenvalue weighted by Crippen LogP contribution is -2.43. The van der Waals surface area contributed by atoms with Gasteiger partial charge in [0.2, 0.25) is 5.82 Å². The predicted molar refractivity (Wildman–Crippen MR) is 52.6 cm³/mol. The molecule has 2 heterocycles. The SMILES string of the molecule is CC1CCN(C(=O)c2ncn[nH]2)C1C(=O)O. The molecule has 7 nitrogen and oxygen atoms in total. The number of hydrogen-bond donors (Lipinski definition) is 2. The summed E-state index contributed by atoms with van der Waals surface area (Å²) in [4.78, 5) is 28.0. The van der Waals surface area contributed by atoms with E-state index in [4.69, 9.17) is 5.11 Å². The van der Waals surface area contributed by atoms with Crippen LogP contribution in [0.3, 0.4) is 0 Å². The zero-order valence-electron chi connectivity index (χ0n) is 8.75. The quantitative estimate of drug-likeness (QED) is 0.721. The highest BCUT2D eigenvalue weighted by Crippen LogP contribution is 2.25. The molecule has 7 heteroatoms. The molecule has 0 spiro atoms. The Hall–Kier alpha value is -1.92. The number of aliphatic carboxylic acids is 1. The van der Waals surface area contributed by atoms with Crippen LogP contribution in [0, 0.1) is 5.92 Å². The van der Waals surface area contributed by atoms with E-state index in [1.165, 1.54) is 11.2 Å². The summed E-state index contributed by atoms with van der Waals surface area (Å²) in [6.45, 7) is 2.27. The number of nitrogens with one attached hydrogen (secondary N) is 1. The van der Waals surface area contributed by atoms with Crippen molar-refractivity contribution in [3.05, 3.63) is 12.2 Å². The molecule has 1 amide bonds. The fraction of sp³-hybridized carbons (Fsp3) is 0.556. The number of aromatic nitrogens is 3. The van der Waals surface area contributed by atoms with Gasteiger partial charge in [0.15, 0.2) is 0 Å². The fourth-order valence-corrected chi connectivity index (χ4v) is 2.00. The molecular weight excluding hydrogens is 212 g/mol. The van der Waals surface area contributed by atoms with E-state index in [9.17, 15) is 9.59 Å². The van der Waals surface area contributed by atoms with Crippen molar-refractivity contribution >= 4 is 11.9 Å². The minimum absolute atomic E-state index is 0.0376. The highest BCUT2D eigenvalue weighted by Gasteiger charge is 2.40. The Kier molecular flexibility index (Phi) is 2.59. The molecule has 1 aromatic rings. The summed E-state index contributed by atoms with van der Waals surface area (Å²) in [5.41, 5.74) is 0. The third kappa shape index (κ3) is 1.64.